The van der Waals surface area contributed by atoms with Gasteiger partial charge >= 0.3 is 24.6 Å². The number of alkyl halides is 9. The van der Waals surface area contributed by atoms with Crippen LogP contribution in [0, 0.1) is 6.92 Å². The number of nitrogens with zero attached hydrogens (tertiary/aromatic N) is 2. The fourth-order valence-electron chi connectivity index (χ4n) is 4.52. The number of cyclic esters (lactones) is 1. The van der Waals surface area contributed by atoms with Crippen molar-refractivity contribution in [2.24, 2.45) is 0 Å². The summed E-state index contributed by atoms with van der Waals surface area (Å²) in [5.74, 6) is 0.218. The highest BCUT2D eigenvalue weighted by Gasteiger charge is 2.44. The fourth-order valence-corrected chi connectivity index (χ4v) is 4.52. The number of methoxy groups -OCH3 is 1. The van der Waals surface area contributed by atoms with Crippen LogP contribution in [0.3, 0.4) is 0 Å². The van der Waals surface area contributed by atoms with Crippen LogP contribution in [0.1, 0.15) is 46.5 Å². The Balaban J connectivity index is 1.78. The minimum absolute atomic E-state index is 0.0549. The van der Waals surface area contributed by atoms with E-state index in [0.29, 0.717) is 17.8 Å². The number of rotatable bonds is 5. The highest BCUT2D eigenvalue weighted by atomic mass is 19.4. The molecule has 0 radical (unpaired) electrons. The first-order chi connectivity index (χ1) is 18.9. The quantitative estimate of drug-likeness (QED) is 0.280. The van der Waals surface area contributed by atoms with E-state index in [1.165, 1.54) is 14.0 Å². The lowest BCUT2D eigenvalue weighted by Crippen LogP contribution is -2.32. The van der Waals surface area contributed by atoms with E-state index in [0.717, 1.165) is 23.1 Å². The summed E-state index contributed by atoms with van der Waals surface area (Å²) in [7, 11) is 1.33. The lowest BCUT2D eigenvalue weighted by Gasteiger charge is -2.24. The smallest absolute Gasteiger partial charge is 0.416 e. The zero-order valence-electron chi connectivity index (χ0n) is 21.5. The van der Waals surface area contributed by atoms with E-state index in [9.17, 15) is 44.3 Å². The standard InChI is InChI=1S/C27H21F9N2O3/c1-13-4-7-21(40-3)22(37-13)20-6-5-17(25(28,29)30)10-16(20)12-38-14(2)23(41-24(38)39)15-8-18(26(31,32)33)11-19(9-15)27(34,35)36/h4-11,14,23H,12H2,1-3H3/t14-,23-/m0/s1. The number of aryl methyl sites for hydroxylation is 1. The summed E-state index contributed by atoms with van der Waals surface area (Å²) in [4.78, 5) is 18.1. The predicted molar refractivity (Wildman–Crippen MR) is 127 cm³/mol. The number of amides is 1. The molecular formula is C27H21F9N2O3. The number of carbonyl (C=O) groups is 1. The Morgan fingerprint density at radius 3 is 1.98 bits per heavy atom. The second-order valence-corrected chi connectivity index (χ2v) is 9.39. The zero-order valence-corrected chi connectivity index (χ0v) is 21.5. The van der Waals surface area contributed by atoms with Gasteiger partial charge in [0, 0.05) is 11.3 Å². The molecule has 41 heavy (non-hydrogen) atoms. The van der Waals surface area contributed by atoms with Crippen molar-refractivity contribution < 1.29 is 53.8 Å². The van der Waals surface area contributed by atoms with Crippen molar-refractivity contribution >= 4 is 6.09 Å². The van der Waals surface area contributed by atoms with Gasteiger partial charge < -0.3 is 9.47 Å². The zero-order chi connectivity index (χ0) is 30.5. The van der Waals surface area contributed by atoms with Crippen LogP contribution in [-0.4, -0.2) is 29.1 Å². The monoisotopic (exact) mass is 592 g/mol. The Morgan fingerprint density at radius 1 is 0.854 bits per heavy atom. The van der Waals surface area contributed by atoms with Crippen LogP contribution in [0.5, 0.6) is 5.75 Å². The normalized spacial score (nSPS) is 18.0. The minimum Gasteiger partial charge on any atom is -0.494 e. The van der Waals surface area contributed by atoms with Crippen LogP contribution >= 0.6 is 0 Å². The minimum atomic E-state index is -5.13. The third kappa shape index (κ3) is 6.20. The van der Waals surface area contributed by atoms with Gasteiger partial charge in [-0.1, -0.05) is 6.07 Å². The molecule has 0 unspecified atom stereocenters. The van der Waals surface area contributed by atoms with Gasteiger partial charge in [-0.05, 0) is 67.4 Å². The van der Waals surface area contributed by atoms with Gasteiger partial charge in [-0.15, -0.1) is 0 Å². The number of ether oxygens (including phenoxy) is 2. The van der Waals surface area contributed by atoms with Gasteiger partial charge in [0.25, 0.3) is 0 Å². The molecule has 0 N–H and O–H groups in total. The van der Waals surface area contributed by atoms with Crippen molar-refractivity contribution in [2.75, 3.05) is 7.11 Å². The predicted octanol–water partition coefficient (Wildman–Crippen LogP) is 8.20. The molecule has 0 spiro atoms. The molecule has 1 aliphatic heterocycles. The number of pyridine rings is 1. The molecule has 3 aromatic rings. The lowest BCUT2D eigenvalue weighted by molar-refractivity contribution is -0.143. The average Bonchev–Trinajstić information content (AvgIpc) is 3.15. The lowest BCUT2D eigenvalue weighted by atomic mass is 9.96. The molecule has 0 bridgehead atoms. The van der Waals surface area contributed by atoms with Gasteiger partial charge in [-0.2, -0.15) is 39.5 Å². The summed E-state index contributed by atoms with van der Waals surface area (Å²) < 4.78 is 132. The van der Waals surface area contributed by atoms with E-state index in [-0.39, 0.29) is 28.6 Å². The van der Waals surface area contributed by atoms with Crippen LogP contribution in [0.2, 0.25) is 0 Å². The SMILES string of the molecule is COc1ccc(C)nc1-c1ccc(C(F)(F)F)cc1CN1C(=O)O[C@H](c2cc(C(F)(F)F)cc(C(F)(F)F)c2)[C@@H]1C. The molecule has 2 aromatic carbocycles. The van der Waals surface area contributed by atoms with Gasteiger partial charge in [-0.25, -0.2) is 9.78 Å². The summed E-state index contributed by atoms with van der Waals surface area (Å²) in [6.45, 7) is 2.42. The summed E-state index contributed by atoms with van der Waals surface area (Å²) in [5, 5.41) is 0. The summed E-state index contributed by atoms with van der Waals surface area (Å²) in [6, 6.07) is 5.59. The second kappa shape index (κ2) is 10.5. The van der Waals surface area contributed by atoms with Crippen molar-refractivity contribution in [3.05, 3.63) is 82.0 Å². The molecule has 5 nitrogen and oxygen atoms in total. The first-order valence-electron chi connectivity index (χ1n) is 11.9. The molecule has 2 heterocycles. The van der Waals surface area contributed by atoms with E-state index in [1.54, 1.807) is 19.1 Å². The Hall–Kier alpha value is -3.97. The summed E-state index contributed by atoms with van der Waals surface area (Å²) in [6.07, 6.45) is -17.7. The van der Waals surface area contributed by atoms with Gasteiger partial charge in [-0.3, -0.25) is 4.90 Å². The van der Waals surface area contributed by atoms with E-state index >= 15 is 0 Å². The van der Waals surface area contributed by atoms with Crippen LogP contribution < -0.4 is 4.74 Å². The van der Waals surface area contributed by atoms with Crippen LogP contribution in [-0.2, 0) is 29.8 Å². The van der Waals surface area contributed by atoms with Crippen molar-refractivity contribution in [1.29, 1.82) is 0 Å². The molecule has 0 saturated carbocycles. The molecule has 220 valence electrons. The maximum absolute atomic E-state index is 13.6. The molecule has 1 aromatic heterocycles. The second-order valence-electron chi connectivity index (χ2n) is 9.39. The number of aromatic nitrogens is 1. The summed E-state index contributed by atoms with van der Waals surface area (Å²) in [5.41, 5.74) is -4.02. The van der Waals surface area contributed by atoms with Crippen molar-refractivity contribution in [2.45, 2.75) is 51.1 Å². The molecule has 1 saturated heterocycles. The van der Waals surface area contributed by atoms with Crippen molar-refractivity contribution in [3.63, 3.8) is 0 Å². The van der Waals surface area contributed by atoms with E-state index < -0.39 is 65.6 Å². The molecule has 1 amide bonds. The molecule has 0 aliphatic carbocycles. The van der Waals surface area contributed by atoms with Gasteiger partial charge in [0.2, 0.25) is 0 Å². The topological polar surface area (TPSA) is 51.7 Å². The number of hydrogen-bond donors (Lipinski definition) is 0. The summed E-state index contributed by atoms with van der Waals surface area (Å²) >= 11 is 0. The Labute approximate surface area is 227 Å². The maximum atomic E-state index is 13.6. The molecule has 4 rings (SSSR count). The van der Waals surface area contributed by atoms with Crippen molar-refractivity contribution in [1.82, 2.24) is 9.88 Å². The van der Waals surface area contributed by atoms with Gasteiger partial charge in [0.1, 0.15) is 17.5 Å². The molecule has 1 aliphatic rings. The van der Waals surface area contributed by atoms with E-state index in [1.807, 2.05) is 0 Å². The van der Waals surface area contributed by atoms with Crippen LogP contribution in [0.15, 0.2) is 48.5 Å². The number of halogens is 9. The number of hydrogen-bond acceptors (Lipinski definition) is 4. The maximum Gasteiger partial charge on any atom is 0.416 e. The van der Waals surface area contributed by atoms with E-state index in [2.05, 4.69) is 4.98 Å². The molecular weight excluding hydrogens is 571 g/mol. The van der Waals surface area contributed by atoms with Gasteiger partial charge in [0.05, 0.1) is 36.4 Å². The van der Waals surface area contributed by atoms with E-state index in [4.69, 9.17) is 9.47 Å². The van der Waals surface area contributed by atoms with Crippen LogP contribution in [0.4, 0.5) is 44.3 Å². The highest BCUT2D eigenvalue weighted by Crippen LogP contribution is 2.42. The van der Waals surface area contributed by atoms with Crippen LogP contribution in [0.25, 0.3) is 11.3 Å². The molecule has 1 fully saturated rings. The molecule has 2 atom stereocenters. The average molecular weight is 592 g/mol. The van der Waals surface area contributed by atoms with Gasteiger partial charge in [0.15, 0.2) is 0 Å². The fraction of sp³-hybridized carbons (Fsp3) is 0.333. The first-order valence-corrected chi connectivity index (χ1v) is 11.9. The number of carbonyl (C=O) groups excluding carboxylic acids is 1. The third-order valence-corrected chi connectivity index (χ3v) is 6.58. The first kappa shape index (κ1) is 30.0. The van der Waals surface area contributed by atoms with Crippen molar-refractivity contribution in [3.8, 4) is 17.0 Å². The highest BCUT2D eigenvalue weighted by molar-refractivity contribution is 5.74. The number of benzene rings is 2. The Morgan fingerprint density at radius 2 is 1.44 bits per heavy atom. The largest absolute Gasteiger partial charge is 0.494 e. The Bertz CT molecular complexity index is 1430. The molecule has 14 heteroatoms. The third-order valence-electron chi connectivity index (χ3n) is 6.58. The Kier molecular flexibility index (Phi) is 7.65.